The van der Waals surface area contributed by atoms with Crippen molar-refractivity contribution in [3.63, 3.8) is 0 Å². The molecule has 0 N–H and O–H groups in total. The maximum absolute atomic E-state index is 12.8. The molecule has 0 bridgehead atoms. The van der Waals surface area contributed by atoms with Crippen LogP contribution in [0.2, 0.25) is 0 Å². The van der Waals surface area contributed by atoms with Crippen LogP contribution in [-0.2, 0) is 40.6 Å². The molecular weight excluding hydrogens is 530 g/mol. The molecule has 4 rings (SSSR count). The van der Waals surface area contributed by atoms with Gasteiger partial charge in [-0.3, -0.25) is 9.69 Å². The lowest BCUT2D eigenvalue weighted by Gasteiger charge is -2.28. The van der Waals surface area contributed by atoms with E-state index in [1.807, 2.05) is 6.92 Å². The second-order valence-corrected chi connectivity index (χ2v) is 13.4. The maximum Gasteiger partial charge on any atom is 0.387 e. The molecule has 3 aromatic rings. The van der Waals surface area contributed by atoms with Gasteiger partial charge in [-0.15, -0.1) is 11.3 Å². The van der Waals surface area contributed by atoms with Crippen LogP contribution < -0.4 is 4.74 Å². The minimum Gasteiger partial charge on any atom is -0.435 e. The molecule has 204 valence electrons. The summed E-state index contributed by atoms with van der Waals surface area (Å²) >= 11 is 1.54. The van der Waals surface area contributed by atoms with Gasteiger partial charge in [-0.05, 0) is 53.8 Å². The number of Topliss-reactive ketones (excluding diaryl/α,β-unsaturated/α-hetero) is 1. The van der Waals surface area contributed by atoms with Gasteiger partial charge in [0.1, 0.15) is 16.5 Å². The lowest BCUT2D eigenvalue weighted by Crippen LogP contribution is -2.26. The summed E-state index contributed by atoms with van der Waals surface area (Å²) in [4.78, 5) is 21.3. The van der Waals surface area contributed by atoms with E-state index in [0.29, 0.717) is 13.1 Å². The van der Waals surface area contributed by atoms with E-state index in [2.05, 4.69) is 23.5 Å². The fourth-order valence-electron chi connectivity index (χ4n) is 4.83. The van der Waals surface area contributed by atoms with Crippen LogP contribution in [0.5, 0.6) is 5.75 Å². The van der Waals surface area contributed by atoms with Gasteiger partial charge in [-0.1, -0.05) is 39.0 Å². The summed E-state index contributed by atoms with van der Waals surface area (Å²) in [6, 6.07) is 11.6. The van der Waals surface area contributed by atoms with E-state index in [1.165, 1.54) is 0 Å². The number of benzene rings is 2. The molecule has 6 nitrogen and oxygen atoms in total. The van der Waals surface area contributed by atoms with Gasteiger partial charge in [0.2, 0.25) is 0 Å². The highest BCUT2D eigenvalue weighted by atomic mass is 32.2. The van der Waals surface area contributed by atoms with E-state index < -0.39 is 16.4 Å². The minimum absolute atomic E-state index is 0.0212. The number of alkyl halides is 2. The van der Waals surface area contributed by atoms with E-state index in [9.17, 15) is 22.0 Å². The number of rotatable bonds is 11. The lowest BCUT2D eigenvalue weighted by atomic mass is 10.0. The lowest BCUT2D eigenvalue weighted by molar-refractivity contribution is -0.117. The standard InChI is InChI=1S/C28H32F2N2O4S2/c1-5-38(34,35)23-10-7-19(8-11-23)12-21(33)14-25-31-26-24(37-25)16-32(27(26)17(2)3)15-20-13-22(36-28(29)30)9-6-18(20)4/h6-11,13,17,27-28H,5,12,14-16H2,1-4H3/t27-/m1/s1. The molecule has 0 aliphatic carbocycles. The summed E-state index contributed by atoms with van der Waals surface area (Å²) in [5, 5.41) is 0.777. The van der Waals surface area contributed by atoms with E-state index in [4.69, 9.17) is 4.98 Å². The summed E-state index contributed by atoms with van der Waals surface area (Å²) in [6.45, 7) is 6.20. The number of halogens is 2. The summed E-state index contributed by atoms with van der Waals surface area (Å²) in [5.74, 6) is 0.471. The van der Waals surface area contributed by atoms with Crippen molar-refractivity contribution in [3.05, 3.63) is 74.7 Å². The first kappa shape index (κ1) is 28.3. The van der Waals surface area contributed by atoms with E-state index in [-0.39, 0.29) is 47.0 Å². The van der Waals surface area contributed by atoms with Crippen molar-refractivity contribution >= 4 is 27.0 Å². The molecule has 10 heteroatoms. The van der Waals surface area contributed by atoms with Gasteiger partial charge < -0.3 is 4.74 Å². The zero-order valence-electron chi connectivity index (χ0n) is 21.9. The third kappa shape index (κ3) is 6.47. The highest BCUT2D eigenvalue weighted by Gasteiger charge is 2.36. The molecule has 0 radical (unpaired) electrons. The normalized spacial score (nSPS) is 15.8. The molecule has 0 unspecified atom stereocenters. The molecule has 0 saturated heterocycles. The van der Waals surface area contributed by atoms with Crippen LogP contribution in [0.1, 0.15) is 59.1 Å². The molecule has 1 atom stereocenters. The smallest absolute Gasteiger partial charge is 0.387 e. The number of sulfone groups is 1. The molecular formula is C28H32F2N2O4S2. The minimum atomic E-state index is -3.27. The molecule has 1 aliphatic heterocycles. The molecule has 0 fully saturated rings. The van der Waals surface area contributed by atoms with Crippen molar-refractivity contribution in [2.24, 2.45) is 5.92 Å². The van der Waals surface area contributed by atoms with Crippen LogP contribution in [0.4, 0.5) is 8.78 Å². The van der Waals surface area contributed by atoms with Crippen LogP contribution >= 0.6 is 11.3 Å². The van der Waals surface area contributed by atoms with Crippen molar-refractivity contribution < 1.29 is 26.7 Å². The van der Waals surface area contributed by atoms with Crippen molar-refractivity contribution in [2.75, 3.05) is 5.75 Å². The number of nitrogens with zero attached hydrogens (tertiary/aromatic N) is 2. The Kier molecular flexibility index (Phi) is 8.64. The second kappa shape index (κ2) is 11.6. The van der Waals surface area contributed by atoms with Crippen molar-refractivity contribution in [2.45, 2.75) is 71.2 Å². The number of carbonyl (C=O) groups is 1. The van der Waals surface area contributed by atoms with Gasteiger partial charge in [0.25, 0.3) is 0 Å². The molecule has 38 heavy (non-hydrogen) atoms. The fourth-order valence-corrected chi connectivity index (χ4v) is 6.88. The van der Waals surface area contributed by atoms with Gasteiger partial charge in [-0.25, -0.2) is 13.4 Å². The molecule has 0 spiro atoms. The number of aryl methyl sites for hydroxylation is 1. The van der Waals surface area contributed by atoms with Crippen molar-refractivity contribution in [1.29, 1.82) is 0 Å². The average Bonchev–Trinajstić information content (AvgIpc) is 3.37. The Morgan fingerprint density at radius 1 is 1.16 bits per heavy atom. The van der Waals surface area contributed by atoms with Gasteiger partial charge in [0.15, 0.2) is 9.84 Å². The van der Waals surface area contributed by atoms with Gasteiger partial charge in [0, 0.05) is 24.4 Å². The second-order valence-electron chi connectivity index (χ2n) is 9.92. The van der Waals surface area contributed by atoms with Crippen LogP contribution in [0.15, 0.2) is 47.4 Å². The number of carbonyl (C=O) groups excluding carboxylic acids is 1. The Hall–Kier alpha value is -2.69. The topological polar surface area (TPSA) is 76.6 Å². The average molecular weight is 563 g/mol. The van der Waals surface area contributed by atoms with Crippen LogP contribution in [0.3, 0.4) is 0 Å². The first-order valence-electron chi connectivity index (χ1n) is 12.6. The molecule has 0 saturated carbocycles. The predicted octanol–water partition coefficient (Wildman–Crippen LogP) is 5.91. The fraction of sp³-hybridized carbons (Fsp3) is 0.429. The maximum atomic E-state index is 12.8. The Bertz CT molecular complexity index is 1400. The third-order valence-electron chi connectivity index (χ3n) is 6.75. The number of ether oxygens (including phenoxy) is 1. The predicted molar refractivity (Wildman–Crippen MR) is 143 cm³/mol. The van der Waals surface area contributed by atoms with E-state index in [0.717, 1.165) is 32.3 Å². The van der Waals surface area contributed by atoms with Crippen molar-refractivity contribution in [3.8, 4) is 5.75 Å². The van der Waals surface area contributed by atoms with Crippen LogP contribution in [-0.4, -0.2) is 36.4 Å². The highest BCUT2D eigenvalue weighted by molar-refractivity contribution is 7.91. The Morgan fingerprint density at radius 2 is 1.87 bits per heavy atom. The molecule has 2 aromatic carbocycles. The summed E-state index contributed by atoms with van der Waals surface area (Å²) in [5.41, 5.74) is 3.69. The summed E-state index contributed by atoms with van der Waals surface area (Å²) in [7, 11) is -3.27. The summed E-state index contributed by atoms with van der Waals surface area (Å²) < 4.78 is 54.0. The number of aromatic nitrogens is 1. The quantitative estimate of drug-likeness (QED) is 0.289. The van der Waals surface area contributed by atoms with E-state index >= 15 is 0 Å². The Labute approximate surface area is 226 Å². The number of ketones is 1. The molecule has 2 heterocycles. The largest absolute Gasteiger partial charge is 0.435 e. The van der Waals surface area contributed by atoms with E-state index in [1.54, 1.807) is 60.7 Å². The highest BCUT2D eigenvalue weighted by Crippen LogP contribution is 2.42. The van der Waals surface area contributed by atoms with Crippen LogP contribution in [0, 0.1) is 12.8 Å². The van der Waals surface area contributed by atoms with Gasteiger partial charge in [0.05, 0.1) is 28.8 Å². The molecule has 0 amide bonds. The Morgan fingerprint density at radius 3 is 2.50 bits per heavy atom. The SMILES string of the molecule is CCS(=O)(=O)c1ccc(CC(=O)Cc2nc3c(s2)CN(Cc2cc(OC(F)F)ccc2C)[C@@H]3C(C)C)cc1. The Balaban J connectivity index is 1.43. The third-order valence-corrected chi connectivity index (χ3v) is 9.56. The molecule has 1 aliphatic rings. The number of hydrogen-bond donors (Lipinski definition) is 0. The first-order valence-corrected chi connectivity index (χ1v) is 15.0. The van der Waals surface area contributed by atoms with Gasteiger partial charge >= 0.3 is 6.61 Å². The molecule has 1 aromatic heterocycles. The van der Waals surface area contributed by atoms with Crippen molar-refractivity contribution in [1.82, 2.24) is 9.88 Å². The van der Waals surface area contributed by atoms with Gasteiger partial charge in [-0.2, -0.15) is 8.78 Å². The number of fused-ring (bicyclic) bond motifs is 1. The summed E-state index contributed by atoms with van der Waals surface area (Å²) in [6.07, 6.45) is 0.441. The number of thiazole rings is 1. The number of hydrogen-bond acceptors (Lipinski definition) is 7. The first-order chi connectivity index (χ1) is 18.0. The zero-order valence-corrected chi connectivity index (χ0v) is 23.5. The van der Waals surface area contributed by atoms with Crippen LogP contribution in [0.25, 0.3) is 0 Å². The zero-order chi connectivity index (χ0) is 27.6. The monoisotopic (exact) mass is 562 g/mol.